The number of piperidine rings is 1. The number of carbonyl (C=O) groups is 2. The zero-order valence-corrected chi connectivity index (χ0v) is 22.5. The summed E-state index contributed by atoms with van der Waals surface area (Å²) < 4.78 is 16.2. The van der Waals surface area contributed by atoms with Gasteiger partial charge < -0.3 is 14.2 Å². The van der Waals surface area contributed by atoms with Crippen LogP contribution in [0.4, 0.5) is 0 Å². The fourth-order valence-corrected chi connectivity index (χ4v) is 5.30. The van der Waals surface area contributed by atoms with Crippen molar-refractivity contribution in [2.24, 2.45) is 11.0 Å². The maximum Gasteiger partial charge on any atom is 0.310 e. The Bertz CT molecular complexity index is 1180. The van der Waals surface area contributed by atoms with E-state index in [0.29, 0.717) is 31.1 Å². The molecule has 2 unspecified atom stereocenters. The van der Waals surface area contributed by atoms with E-state index in [1.165, 1.54) is 5.56 Å². The lowest BCUT2D eigenvalue weighted by atomic mass is 9.93. The summed E-state index contributed by atoms with van der Waals surface area (Å²) in [6.45, 7) is 7.82. The summed E-state index contributed by atoms with van der Waals surface area (Å²) in [7, 11) is 3.24. The molecule has 2 heterocycles. The molecule has 1 saturated heterocycles. The number of nitrogens with zero attached hydrogens (tertiary/aromatic N) is 3. The van der Waals surface area contributed by atoms with E-state index in [1.807, 2.05) is 30.0 Å². The standard InChI is InChI=1S/C29H37N3O5/c1-6-37-29(34)21-8-7-13-31(17-21)18-28(33)32-26(23-11-9-19(2)14-20(23)3)16-25(30-32)24-12-10-22(35-4)15-27(24)36-5/h9-12,14-15,21,26H,6-8,13,16-18H2,1-5H3. The Morgan fingerprint density at radius 2 is 1.89 bits per heavy atom. The lowest BCUT2D eigenvalue weighted by Crippen LogP contribution is -2.44. The highest BCUT2D eigenvalue weighted by atomic mass is 16.5. The van der Waals surface area contributed by atoms with Crippen molar-refractivity contribution in [3.8, 4) is 11.5 Å². The number of methoxy groups -OCH3 is 2. The molecule has 2 aromatic carbocycles. The Morgan fingerprint density at radius 3 is 2.59 bits per heavy atom. The average Bonchev–Trinajstić information content (AvgIpc) is 3.33. The second kappa shape index (κ2) is 11.8. The fourth-order valence-electron chi connectivity index (χ4n) is 5.30. The van der Waals surface area contributed by atoms with E-state index >= 15 is 0 Å². The van der Waals surface area contributed by atoms with Gasteiger partial charge in [-0.1, -0.05) is 23.8 Å². The minimum absolute atomic E-state index is 0.0861. The fraction of sp³-hybridized carbons (Fsp3) is 0.483. The van der Waals surface area contributed by atoms with Crippen molar-refractivity contribution in [2.45, 2.75) is 46.1 Å². The molecule has 2 aliphatic rings. The number of hydrogen-bond donors (Lipinski definition) is 0. The lowest BCUT2D eigenvalue weighted by Gasteiger charge is -2.32. The molecule has 0 aromatic heterocycles. The van der Waals surface area contributed by atoms with Crippen molar-refractivity contribution < 1.29 is 23.8 Å². The van der Waals surface area contributed by atoms with Crippen LogP contribution in [0.25, 0.3) is 0 Å². The number of ether oxygens (including phenoxy) is 3. The first-order valence-corrected chi connectivity index (χ1v) is 12.9. The molecule has 4 rings (SSSR count). The molecule has 2 atom stereocenters. The summed E-state index contributed by atoms with van der Waals surface area (Å²) in [6.07, 6.45) is 2.22. The molecule has 2 aliphatic heterocycles. The van der Waals surface area contributed by atoms with Crippen LogP contribution in [-0.2, 0) is 14.3 Å². The van der Waals surface area contributed by atoms with Gasteiger partial charge in [-0.25, -0.2) is 5.01 Å². The SMILES string of the molecule is CCOC(=O)C1CCCN(CC(=O)N2N=C(c3ccc(OC)cc3OC)CC2c2ccc(C)cc2C)C1. The first-order chi connectivity index (χ1) is 17.8. The van der Waals surface area contributed by atoms with E-state index < -0.39 is 0 Å². The van der Waals surface area contributed by atoms with Crippen LogP contribution in [0.5, 0.6) is 11.5 Å². The molecule has 0 N–H and O–H groups in total. The molecule has 0 aliphatic carbocycles. The summed E-state index contributed by atoms with van der Waals surface area (Å²) >= 11 is 0. The van der Waals surface area contributed by atoms with Crippen LogP contribution in [0.15, 0.2) is 41.5 Å². The number of hydrogen-bond acceptors (Lipinski definition) is 7. The Morgan fingerprint density at radius 1 is 1.08 bits per heavy atom. The number of rotatable bonds is 8. The van der Waals surface area contributed by atoms with Crippen molar-refractivity contribution in [1.29, 1.82) is 0 Å². The van der Waals surface area contributed by atoms with Gasteiger partial charge in [-0.2, -0.15) is 5.10 Å². The summed E-state index contributed by atoms with van der Waals surface area (Å²) in [5.41, 5.74) is 5.01. The number of aryl methyl sites for hydroxylation is 2. The lowest BCUT2D eigenvalue weighted by molar-refractivity contribution is -0.150. The molecule has 8 heteroatoms. The Hall–Kier alpha value is -3.39. The number of esters is 1. The van der Waals surface area contributed by atoms with Gasteiger partial charge in [0.1, 0.15) is 11.5 Å². The van der Waals surface area contributed by atoms with E-state index in [0.717, 1.165) is 41.8 Å². The van der Waals surface area contributed by atoms with Gasteiger partial charge in [0.2, 0.25) is 0 Å². The molecule has 0 bridgehead atoms. The highest BCUT2D eigenvalue weighted by Crippen LogP contribution is 2.37. The topological polar surface area (TPSA) is 80.7 Å². The predicted octanol–water partition coefficient (Wildman–Crippen LogP) is 4.27. The van der Waals surface area contributed by atoms with Gasteiger partial charge in [-0.3, -0.25) is 14.5 Å². The van der Waals surface area contributed by atoms with Crippen LogP contribution in [0, 0.1) is 19.8 Å². The summed E-state index contributed by atoms with van der Waals surface area (Å²) in [6, 6.07) is 11.7. The van der Waals surface area contributed by atoms with Gasteiger partial charge in [-0.05, 0) is 63.4 Å². The molecule has 37 heavy (non-hydrogen) atoms. The third-order valence-corrected chi connectivity index (χ3v) is 7.15. The van der Waals surface area contributed by atoms with Gasteiger partial charge in [-0.15, -0.1) is 0 Å². The Kier molecular flexibility index (Phi) is 8.48. The quantitative estimate of drug-likeness (QED) is 0.497. The van der Waals surface area contributed by atoms with Crippen molar-refractivity contribution in [3.05, 3.63) is 58.7 Å². The molecule has 1 amide bonds. The van der Waals surface area contributed by atoms with E-state index in [-0.39, 0.29) is 30.4 Å². The van der Waals surface area contributed by atoms with Gasteiger partial charge in [0.15, 0.2) is 0 Å². The molecule has 1 fully saturated rings. The van der Waals surface area contributed by atoms with Crippen LogP contribution in [0.3, 0.4) is 0 Å². The first-order valence-electron chi connectivity index (χ1n) is 12.9. The first kappa shape index (κ1) is 26.7. The van der Waals surface area contributed by atoms with Crippen molar-refractivity contribution in [2.75, 3.05) is 40.5 Å². The monoisotopic (exact) mass is 507 g/mol. The molecule has 0 radical (unpaired) electrons. The van der Waals surface area contributed by atoms with Crippen LogP contribution in [0.1, 0.15) is 54.5 Å². The minimum atomic E-state index is -0.222. The van der Waals surface area contributed by atoms with Gasteiger partial charge in [0, 0.05) is 24.6 Å². The number of hydrazone groups is 1. The smallest absolute Gasteiger partial charge is 0.310 e. The highest BCUT2D eigenvalue weighted by molar-refractivity contribution is 6.05. The zero-order valence-electron chi connectivity index (χ0n) is 22.5. The molecular formula is C29H37N3O5. The van der Waals surface area contributed by atoms with E-state index in [9.17, 15) is 9.59 Å². The number of amides is 1. The predicted molar refractivity (Wildman–Crippen MR) is 142 cm³/mol. The largest absolute Gasteiger partial charge is 0.497 e. The average molecular weight is 508 g/mol. The number of likely N-dealkylation sites (tertiary alicyclic amines) is 1. The number of carbonyl (C=O) groups excluding carboxylic acids is 2. The Labute approximate surface area is 219 Å². The van der Waals surface area contributed by atoms with E-state index in [1.54, 1.807) is 19.2 Å². The van der Waals surface area contributed by atoms with Gasteiger partial charge in [0.25, 0.3) is 5.91 Å². The second-order valence-electron chi connectivity index (χ2n) is 9.76. The molecular weight excluding hydrogens is 470 g/mol. The maximum atomic E-state index is 13.7. The summed E-state index contributed by atoms with van der Waals surface area (Å²) in [5, 5.41) is 6.48. The van der Waals surface area contributed by atoms with Crippen molar-refractivity contribution in [1.82, 2.24) is 9.91 Å². The van der Waals surface area contributed by atoms with E-state index in [4.69, 9.17) is 19.3 Å². The van der Waals surface area contributed by atoms with Crippen molar-refractivity contribution in [3.63, 3.8) is 0 Å². The van der Waals surface area contributed by atoms with Gasteiger partial charge in [0.05, 0.1) is 45.0 Å². The normalized spacial score (nSPS) is 19.9. The van der Waals surface area contributed by atoms with Crippen LogP contribution in [-0.4, -0.2) is 68.0 Å². The molecule has 8 nitrogen and oxygen atoms in total. The summed E-state index contributed by atoms with van der Waals surface area (Å²) in [4.78, 5) is 28.1. The second-order valence-corrected chi connectivity index (χ2v) is 9.76. The molecule has 2 aromatic rings. The minimum Gasteiger partial charge on any atom is -0.497 e. The summed E-state index contributed by atoms with van der Waals surface area (Å²) in [5.74, 6) is 0.884. The molecule has 198 valence electrons. The third kappa shape index (κ3) is 5.96. The third-order valence-electron chi connectivity index (χ3n) is 7.15. The highest BCUT2D eigenvalue weighted by Gasteiger charge is 2.36. The Balaban J connectivity index is 1.62. The van der Waals surface area contributed by atoms with E-state index in [2.05, 4.69) is 32.0 Å². The molecule has 0 spiro atoms. The van der Waals surface area contributed by atoms with Gasteiger partial charge >= 0.3 is 5.97 Å². The van der Waals surface area contributed by atoms with Crippen LogP contribution >= 0.6 is 0 Å². The molecule has 0 saturated carbocycles. The number of benzene rings is 2. The van der Waals surface area contributed by atoms with Crippen molar-refractivity contribution >= 4 is 17.6 Å². The maximum absolute atomic E-state index is 13.7. The zero-order chi connectivity index (χ0) is 26.5. The van der Waals surface area contributed by atoms with Crippen LogP contribution in [0.2, 0.25) is 0 Å². The van der Waals surface area contributed by atoms with Crippen LogP contribution < -0.4 is 9.47 Å².